The molecule has 1 fully saturated rings. The van der Waals surface area contributed by atoms with Crippen LogP contribution in [0.3, 0.4) is 0 Å². The van der Waals surface area contributed by atoms with E-state index in [-0.39, 0.29) is 0 Å². The van der Waals surface area contributed by atoms with Crippen LogP contribution in [-0.4, -0.2) is 47.0 Å². The molecule has 0 amide bonds. The molecule has 5 aromatic carbocycles. The van der Waals surface area contributed by atoms with Crippen molar-refractivity contribution in [2.45, 2.75) is 12.8 Å². The first-order chi connectivity index (χ1) is 21.8. The van der Waals surface area contributed by atoms with Gasteiger partial charge in [-0.1, -0.05) is 91.0 Å². The lowest BCUT2D eigenvalue weighted by atomic mass is 9.93. The number of anilines is 1. The van der Waals surface area contributed by atoms with Gasteiger partial charge < -0.3 is 4.90 Å². The lowest BCUT2D eigenvalue weighted by Gasteiger charge is -2.40. The minimum Gasteiger partial charge on any atom is -0.342 e. The van der Waals surface area contributed by atoms with E-state index in [1.165, 1.54) is 32.7 Å². The summed E-state index contributed by atoms with van der Waals surface area (Å²) in [5.41, 5.74) is 6.37. The van der Waals surface area contributed by atoms with Crippen LogP contribution >= 0.6 is 0 Å². The van der Waals surface area contributed by atoms with E-state index in [0.717, 1.165) is 83.9 Å². The van der Waals surface area contributed by atoms with Crippen molar-refractivity contribution in [3.8, 4) is 22.4 Å². The fourth-order valence-corrected chi connectivity index (χ4v) is 7.03. The quantitative estimate of drug-likeness (QED) is 0.200. The Kier molecular flexibility index (Phi) is 5.83. The van der Waals surface area contributed by atoms with Gasteiger partial charge in [-0.05, 0) is 69.8 Å². The first-order valence-electron chi connectivity index (χ1n) is 15.6. The van der Waals surface area contributed by atoms with Crippen LogP contribution in [0.1, 0.15) is 12.8 Å². The van der Waals surface area contributed by atoms with Gasteiger partial charge in [-0.2, -0.15) is 0 Å². The van der Waals surface area contributed by atoms with E-state index in [1.54, 1.807) is 0 Å². The molecule has 0 bridgehead atoms. The molecule has 1 saturated heterocycles. The normalized spacial score (nSPS) is 15.2. The van der Waals surface area contributed by atoms with Crippen molar-refractivity contribution in [1.29, 1.82) is 0 Å². The maximum atomic E-state index is 5.22. The second kappa shape index (κ2) is 10.2. The maximum Gasteiger partial charge on any atom is 0.202 e. The summed E-state index contributed by atoms with van der Waals surface area (Å²) in [4.78, 5) is 20.0. The van der Waals surface area contributed by atoms with E-state index in [4.69, 9.17) is 15.0 Å². The van der Waals surface area contributed by atoms with Crippen LogP contribution in [0.25, 0.3) is 65.7 Å². The average Bonchev–Trinajstić information content (AvgIpc) is 3.10. The minimum atomic E-state index is 0.889. The Hall–Kier alpha value is -5.29. The molecule has 0 N–H and O–H groups in total. The van der Waals surface area contributed by atoms with Crippen molar-refractivity contribution in [1.82, 2.24) is 14.9 Å². The first-order valence-corrected chi connectivity index (χ1v) is 15.6. The maximum absolute atomic E-state index is 5.22. The molecule has 212 valence electrons. The van der Waals surface area contributed by atoms with Gasteiger partial charge in [0.25, 0.3) is 0 Å². The van der Waals surface area contributed by atoms with Gasteiger partial charge in [0.15, 0.2) is 0 Å². The third kappa shape index (κ3) is 4.11. The summed E-state index contributed by atoms with van der Waals surface area (Å²) >= 11 is 0. The van der Waals surface area contributed by atoms with Crippen molar-refractivity contribution in [3.63, 3.8) is 0 Å². The smallest absolute Gasteiger partial charge is 0.202 e. The second-order valence-corrected chi connectivity index (χ2v) is 11.9. The molecule has 2 aliphatic heterocycles. The summed E-state index contributed by atoms with van der Waals surface area (Å²) in [6.07, 6.45) is 2.24. The van der Waals surface area contributed by atoms with Gasteiger partial charge in [-0.25, -0.2) is 9.97 Å². The van der Waals surface area contributed by atoms with Gasteiger partial charge in [-0.3, -0.25) is 9.89 Å². The van der Waals surface area contributed by atoms with Crippen LogP contribution < -0.4 is 4.90 Å². The summed E-state index contributed by atoms with van der Waals surface area (Å²) in [6, 6.07) is 41.4. The summed E-state index contributed by atoms with van der Waals surface area (Å²) in [7, 11) is 0. The average molecular weight is 570 g/mol. The van der Waals surface area contributed by atoms with E-state index in [1.807, 2.05) is 0 Å². The van der Waals surface area contributed by atoms with Gasteiger partial charge in [0.05, 0.1) is 16.7 Å². The Morgan fingerprint density at radius 1 is 0.523 bits per heavy atom. The predicted octanol–water partition coefficient (Wildman–Crippen LogP) is 8.70. The molecule has 0 saturated carbocycles. The van der Waals surface area contributed by atoms with Crippen molar-refractivity contribution >= 4 is 55.1 Å². The predicted molar refractivity (Wildman–Crippen MR) is 183 cm³/mol. The van der Waals surface area contributed by atoms with Crippen LogP contribution in [0.15, 0.2) is 120 Å². The van der Waals surface area contributed by atoms with Crippen LogP contribution in [0, 0.1) is 0 Å². The SMILES string of the molecule is c1ccc2c(c1)cc(-c1ccc(-c3ccc4ccc5ccc(N6CCCN7CCCN=C76)nc5c4n3)cc1)c1ccccc12. The topological polar surface area (TPSA) is 44.6 Å². The molecule has 5 nitrogen and oxygen atoms in total. The highest BCUT2D eigenvalue weighted by atomic mass is 15.4. The van der Waals surface area contributed by atoms with E-state index in [0.29, 0.717) is 0 Å². The number of guanidine groups is 1. The van der Waals surface area contributed by atoms with Crippen molar-refractivity contribution < 1.29 is 0 Å². The van der Waals surface area contributed by atoms with Crippen molar-refractivity contribution in [3.05, 3.63) is 115 Å². The first kappa shape index (κ1) is 25.2. The summed E-state index contributed by atoms with van der Waals surface area (Å²) in [6.45, 7) is 3.98. The Labute approximate surface area is 256 Å². The molecule has 9 rings (SSSR count). The van der Waals surface area contributed by atoms with Gasteiger partial charge in [-0.15, -0.1) is 0 Å². The second-order valence-electron chi connectivity index (χ2n) is 11.9. The highest BCUT2D eigenvalue weighted by Crippen LogP contribution is 2.36. The zero-order valence-corrected chi connectivity index (χ0v) is 24.4. The van der Waals surface area contributed by atoms with E-state index in [9.17, 15) is 0 Å². The highest BCUT2D eigenvalue weighted by Gasteiger charge is 2.27. The number of benzene rings is 5. The number of aromatic nitrogens is 2. The molecular formula is C39H31N5. The largest absolute Gasteiger partial charge is 0.342 e. The fourth-order valence-electron chi connectivity index (χ4n) is 7.03. The molecule has 0 atom stereocenters. The van der Waals surface area contributed by atoms with Crippen LogP contribution in [-0.2, 0) is 0 Å². The zero-order chi connectivity index (χ0) is 29.0. The van der Waals surface area contributed by atoms with Crippen LogP contribution in [0.4, 0.5) is 5.82 Å². The Morgan fingerprint density at radius 2 is 1.20 bits per heavy atom. The van der Waals surface area contributed by atoms with Crippen LogP contribution in [0.2, 0.25) is 0 Å². The number of hydrogen-bond donors (Lipinski definition) is 0. The Bertz CT molecular complexity index is 2250. The summed E-state index contributed by atoms with van der Waals surface area (Å²) < 4.78 is 0. The monoisotopic (exact) mass is 569 g/mol. The van der Waals surface area contributed by atoms with Crippen molar-refractivity contribution in [2.75, 3.05) is 31.1 Å². The molecule has 2 aromatic heterocycles. The molecule has 4 heterocycles. The number of nitrogens with zero attached hydrogens (tertiary/aromatic N) is 5. The Morgan fingerprint density at radius 3 is 2.07 bits per heavy atom. The molecular weight excluding hydrogens is 538 g/mol. The fraction of sp³-hybridized carbons (Fsp3) is 0.154. The molecule has 0 aliphatic carbocycles. The molecule has 0 spiro atoms. The molecule has 0 radical (unpaired) electrons. The summed E-state index contributed by atoms with van der Waals surface area (Å²) in [5, 5.41) is 7.30. The van der Waals surface area contributed by atoms with E-state index < -0.39 is 0 Å². The number of aliphatic imine (C=N–C) groups is 1. The molecule has 0 unspecified atom stereocenters. The van der Waals surface area contributed by atoms with Gasteiger partial charge in [0, 0.05) is 42.5 Å². The minimum absolute atomic E-state index is 0.889. The van der Waals surface area contributed by atoms with Gasteiger partial charge >= 0.3 is 0 Å². The lowest BCUT2D eigenvalue weighted by molar-refractivity contribution is 0.359. The van der Waals surface area contributed by atoms with Gasteiger partial charge in [0.2, 0.25) is 5.96 Å². The van der Waals surface area contributed by atoms with Gasteiger partial charge in [0.1, 0.15) is 5.82 Å². The van der Waals surface area contributed by atoms with Crippen LogP contribution in [0.5, 0.6) is 0 Å². The zero-order valence-electron chi connectivity index (χ0n) is 24.4. The number of pyridine rings is 2. The third-order valence-corrected chi connectivity index (χ3v) is 9.21. The molecule has 44 heavy (non-hydrogen) atoms. The summed E-state index contributed by atoms with van der Waals surface area (Å²) in [5.74, 6) is 2.03. The van der Waals surface area contributed by atoms with E-state index >= 15 is 0 Å². The lowest BCUT2D eigenvalue weighted by Crippen LogP contribution is -2.52. The molecule has 5 heteroatoms. The standard InChI is InChI=1S/C39H31N5/c1-2-8-31-30(7-1)25-34(33-10-4-3-9-32(31)33)26-11-13-27(14-12-26)35-19-17-28-15-16-29-18-20-36(42-38(29)37(28)41-35)44-24-6-23-43-22-5-21-40-39(43)44/h1-4,7-20,25H,5-6,21-24H2. The van der Waals surface area contributed by atoms with E-state index in [2.05, 4.69) is 125 Å². The number of hydrogen-bond acceptors (Lipinski definition) is 5. The molecule has 2 aliphatic rings. The molecule has 7 aromatic rings. The number of fused-ring (bicyclic) bond motifs is 7. The van der Waals surface area contributed by atoms with Crippen molar-refractivity contribution in [2.24, 2.45) is 4.99 Å². The highest BCUT2D eigenvalue weighted by molar-refractivity contribution is 6.13. The number of rotatable bonds is 3. The Balaban J connectivity index is 1.12. The third-order valence-electron chi connectivity index (χ3n) is 9.21.